The highest BCUT2D eigenvalue weighted by Gasteiger charge is 2.34. The standard InChI is InChI=1S/C77H102O6P2/c1-48(78-84(80-66-44-50-27-31-58(70(3,4)5)36-54(50)40-62(66)74(15,16)17)81-67-45-51-28-32-59(71(6,7)8)37-55(51)41-63(67)75(18,19)20)35-49(2)79-85(82-68-46-52-29-33-60(72(9,10)11)38-56(52)42-64(68)76(21,22)23)83-69-47-53-30-34-61(73(12,13)14)39-57(53)43-65(69)77(24,25)26/h27-34,36-49H,35H2,1-26H3. The highest BCUT2D eigenvalue weighted by molar-refractivity contribution is 7.43. The van der Waals surface area contributed by atoms with Crippen LogP contribution in [0.2, 0.25) is 0 Å². The molecule has 8 aromatic carbocycles. The van der Waals surface area contributed by atoms with E-state index < -0.39 is 29.4 Å². The summed E-state index contributed by atoms with van der Waals surface area (Å²) in [5, 5.41) is 9.08. The lowest BCUT2D eigenvalue weighted by atomic mass is 9.82. The third-order valence-corrected chi connectivity index (χ3v) is 18.8. The molecule has 0 heterocycles. The zero-order valence-corrected chi connectivity index (χ0v) is 58.5. The molecule has 2 unspecified atom stereocenters. The van der Waals surface area contributed by atoms with Gasteiger partial charge in [0, 0.05) is 28.7 Å². The van der Waals surface area contributed by atoms with Crippen LogP contribution in [0.15, 0.2) is 121 Å². The number of benzene rings is 8. The topological polar surface area (TPSA) is 55.4 Å². The largest absolute Gasteiger partial charge is 0.463 e. The Morgan fingerprint density at radius 3 is 0.635 bits per heavy atom. The first-order valence-electron chi connectivity index (χ1n) is 30.9. The summed E-state index contributed by atoms with van der Waals surface area (Å²) < 4.78 is 43.4. The number of fused-ring (bicyclic) bond motifs is 4. The zero-order valence-electron chi connectivity index (χ0n) is 56.8. The summed E-state index contributed by atoms with van der Waals surface area (Å²) in [6.45, 7) is 58.2. The third-order valence-electron chi connectivity index (χ3n) is 16.3. The van der Waals surface area contributed by atoms with Gasteiger partial charge < -0.3 is 18.1 Å². The zero-order chi connectivity index (χ0) is 62.9. The van der Waals surface area contributed by atoms with E-state index in [-0.39, 0.29) is 43.3 Å². The Morgan fingerprint density at radius 2 is 0.459 bits per heavy atom. The quantitative estimate of drug-likeness (QED) is 0.101. The lowest BCUT2D eigenvalue weighted by molar-refractivity contribution is 0.114. The summed E-state index contributed by atoms with van der Waals surface area (Å²) in [4.78, 5) is 0. The molecule has 0 saturated heterocycles. The fourth-order valence-electron chi connectivity index (χ4n) is 10.9. The van der Waals surface area contributed by atoms with Crippen molar-refractivity contribution in [1.82, 2.24) is 0 Å². The predicted molar refractivity (Wildman–Crippen MR) is 367 cm³/mol. The molecule has 0 amide bonds. The van der Waals surface area contributed by atoms with E-state index in [1.807, 2.05) is 0 Å². The molecule has 8 aromatic rings. The Kier molecular flexibility index (Phi) is 18.3. The van der Waals surface area contributed by atoms with Crippen LogP contribution >= 0.6 is 17.2 Å². The van der Waals surface area contributed by atoms with Gasteiger partial charge in [-0.2, -0.15) is 0 Å². The lowest BCUT2D eigenvalue weighted by Gasteiger charge is -2.30. The van der Waals surface area contributed by atoms with Gasteiger partial charge in [-0.1, -0.05) is 239 Å². The van der Waals surface area contributed by atoms with Crippen molar-refractivity contribution in [2.24, 2.45) is 0 Å². The van der Waals surface area contributed by atoms with Crippen LogP contribution in [-0.4, -0.2) is 12.2 Å². The summed E-state index contributed by atoms with van der Waals surface area (Å²) in [7, 11) is -4.14. The molecule has 0 aromatic heterocycles. The molecule has 0 aliphatic heterocycles. The molecular weight excluding hydrogens is 1080 g/mol. The van der Waals surface area contributed by atoms with E-state index in [1.54, 1.807) is 0 Å². The van der Waals surface area contributed by atoms with Crippen molar-refractivity contribution in [2.45, 2.75) is 242 Å². The SMILES string of the molecule is CC(CC(C)OP(Oc1cc2ccc(C(C)(C)C)cc2cc1C(C)(C)C)Oc1cc2ccc(C(C)(C)C)cc2cc1C(C)(C)C)OP(Oc1cc2ccc(C(C)(C)C)cc2cc1C(C)(C)C)Oc1cc2ccc(C(C)(C)C)cc2cc1C(C)(C)C. The maximum absolute atomic E-state index is 7.26. The molecule has 0 fully saturated rings. The smallest absolute Gasteiger partial charge is 0.417 e. The molecule has 8 heteroatoms. The maximum atomic E-state index is 7.26. The van der Waals surface area contributed by atoms with Crippen LogP contribution in [0.1, 0.15) is 231 Å². The van der Waals surface area contributed by atoms with Crippen molar-refractivity contribution in [2.75, 3.05) is 0 Å². The van der Waals surface area contributed by atoms with Crippen molar-refractivity contribution < 1.29 is 27.1 Å². The van der Waals surface area contributed by atoms with Gasteiger partial charge in [0.15, 0.2) is 0 Å². The van der Waals surface area contributed by atoms with Crippen LogP contribution in [0.3, 0.4) is 0 Å². The van der Waals surface area contributed by atoms with Crippen LogP contribution in [-0.2, 0) is 52.4 Å². The van der Waals surface area contributed by atoms with Crippen molar-refractivity contribution in [3.8, 4) is 23.0 Å². The highest BCUT2D eigenvalue weighted by atomic mass is 31.2. The van der Waals surface area contributed by atoms with E-state index in [9.17, 15) is 0 Å². The Morgan fingerprint density at radius 1 is 0.259 bits per heavy atom. The minimum atomic E-state index is -2.07. The number of hydrogen-bond acceptors (Lipinski definition) is 6. The van der Waals surface area contributed by atoms with Crippen molar-refractivity contribution >= 4 is 60.3 Å². The second-order valence-electron chi connectivity index (χ2n) is 32.5. The molecule has 8 rings (SSSR count). The third kappa shape index (κ3) is 15.9. The van der Waals surface area contributed by atoms with Gasteiger partial charge in [-0.15, -0.1) is 0 Å². The molecule has 456 valence electrons. The van der Waals surface area contributed by atoms with Gasteiger partial charge in [-0.3, -0.25) is 9.05 Å². The Bertz CT molecular complexity index is 3240. The van der Waals surface area contributed by atoms with E-state index in [1.165, 1.54) is 43.8 Å². The van der Waals surface area contributed by atoms with Crippen LogP contribution in [0.25, 0.3) is 43.1 Å². The van der Waals surface area contributed by atoms with Gasteiger partial charge in [-0.25, -0.2) is 0 Å². The molecule has 0 aliphatic rings. The van der Waals surface area contributed by atoms with E-state index in [4.69, 9.17) is 27.1 Å². The molecule has 0 saturated carbocycles. The first kappa shape index (κ1) is 65.7. The minimum Gasteiger partial charge on any atom is -0.417 e. The normalized spacial score (nSPS) is 14.3. The average Bonchev–Trinajstić information content (AvgIpc) is 2.30. The summed E-state index contributed by atoms with van der Waals surface area (Å²) in [5.41, 5.74) is 8.41. The van der Waals surface area contributed by atoms with Crippen molar-refractivity contribution in [3.63, 3.8) is 0 Å². The van der Waals surface area contributed by atoms with Gasteiger partial charge in [0.1, 0.15) is 23.0 Å². The van der Waals surface area contributed by atoms with Gasteiger partial charge >= 0.3 is 17.2 Å². The fourth-order valence-corrected chi connectivity index (χ4v) is 13.2. The first-order chi connectivity index (χ1) is 38.9. The predicted octanol–water partition coefficient (Wildman–Crippen LogP) is 23.9. The Labute approximate surface area is 515 Å². The minimum absolute atomic E-state index is 0.00171. The summed E-state index contributed by atoms with van der Waals surface area (Å²) >= 11 is 0. The van der Waals surface area contributed by atoms with Gasteiger partial charge in [-0.05, 0) is 171 Å². The van der Waals surface area contributed by atoms with Gasteiger partial charge in [0.25, 0.3) is 0 Å². The van der Waals surface area contributed by atoms with Gasteiger partial charge in [0.05, 0.1) is 12.2 Å². The molecule has 0 spiro atoms. The van der Waals surface area contributed by atoms with Crippen LogP contribution in [0.4, 0.5) is 0 Å². The summed E-state index contributed by atoms with van der Waals surface area (Å²) in [5.74, 6) is 2.96. The van der Waals surface area contributed by atoms with Crippen LogP contribution < -0.4 is 18.1 Å². The second kappa shape index (κ2) is 23.7. The Balaban J connectivity index is 1.20. The lowest BCUT2D eigenvalue weighted by Crippen LogP contribution is -2.21. The number of hydrogen-bond donors (Lipinski definition) is 0. The van der Waals surface area contributed by atoms with Gasteiger partial charge in [0.2, 0.25) is 0 Å². The van der Waals surface area contributed by atoms with E-state index in [0.717, 1.165) is 66.8 Å². The number of rotatable bonds is 14. The first-order valence-corrected chi connectivity index (χ1v) is 33.1. The molecular formula is C77H102O6P2. The molecule has 0 bridgehead atoms. The molecule has 0 aliphatic carbocycles. The van der Waals surface area contributed by atoms with Crippen molar-refractivity contribution in [3.05, 3.63) is 166 Å². The highest BCUT2D eigenvalue weighted by Crippen LogP contribution is 2.53. The van der Waals surface area contributed by atoms with Crippen LogP contribution in [0, 0.1) is 0 Å². The van der Waals surface area contributed by atoms with Crippen molar-refractivity contribution in [1.29, 1.82) is 0 Å². The monoisotopic (exact) mass is 1180 g/mol. The summed E-state index contributed by atoms with van der Waals surface area (Å²) in [6.07, 6.45) is -0.316. The Hall–Kier alpha value is -5.22. The summed E-state index contributed by atoms with van der Waals surface area (Å²) in [6, 6.07) is 45.0. The van der Waals surface area contributed by atoms with E-state index in [2.05, 4.69) is 301 Å². The second-order valence-corrected chi connectivity index (χ2v) is 34.6. The molecule has 0 radical (unpaired) electrons. The molecule has 2 atom stereocenters. The van der Waals surface area contributed by atoms with E-state index >= 15 is 0 Å². The molecule has 85 heavy (non-hydrogen) atoms. The molecule has 6 nitrogen and oxygen atoms in total. The fraction of sp³-hybridized carbons (Fsp3) is 0.481. The molecule has 0 N–H and O–H groups in total. The van der Waals surface area contributed by atoms with E-state index in [0.29, 0.717) is 6.42 Å². The average molecular weight is 1190 g/mol. The van der Waals surface area contributed by atoms with Crippen LogP contribution in [0.5, 0.6) is 23.0 Å². The maximum Gasteiger partial charge on any atom is 0.463 e.